The van der Waals surface area contributed by atoms with E-state index in [-0.39, 0.29) is 17.3 Å². The molecule has 124 valence electrons. The van der Waals surface area contributed by atoms with Gasteiger partial charge in [0.25, 0.3) is 0 Å². The molecule has 1 N–H and O–H groups in total. The fourth-order valence-corrected chi connectivity index (χ4v) is 2.89. The van der Waals surface area contributed by atoms with E-state index < -0.39 is 10.0 Å². The molecule has 0 saturated heterocycles. The van der Waals surface area contributed by atoms with Gasteiger partial charge in [-0.3, -0.25) is 4.79 Å². The number of carbonyl (C=O) groups is 1. The van der Waals surface area contributed by atoms with Crippen LogP contribution in [-0.4, -0.2) is 63.3 Å². The highest BCUT2D eigenvalue weighted by molar-refractivity contribution is 7.89. The van der Waals surface area contributed by atoms with E-state index in [1.54, 1.807) is 18.2 Å². The van der Waals surface area contributed by atoms with Crippen molar-refractivity contribution in [1.82, 2.24) is 14.5 Å². The third-order valence-electron chi connectivity index (χ3n) is 3.49. The Morgan fingerprint density at radius 2 is 1.77 bits per heavy atom. The topological polar surface area (TPSA) is 69.7 Å². The first-order chi connectivity index (χ1) is 10.2. The van der Waals surface area contributed by atoms with Crippen molar-refractivity contribution in [2.24, 2.45) is 0 Å². The minimum Gasteiger partial charge on any atom is -0.354 e. The monoisotopic (exact) mass is 327 g/mol. The van der Waals surface area contributed by atoms with Crippen LogP contribution in [0, 0.1) is 0 Å². The van der Waals surface area contributed by atoms with Crippen LogP contribution < -0.4 is 5.32 Å². The van der Waals surface area contributed by atoms with Gasteiger partial charge in [-0.05, 0) is 33.0 Å². The first-order valence-electron chi connectivity index (χ1n) is 7.23. The van der Waals surface area contributed by atoms with Crippen molar-refractivity contribution in [3.8, 4) is 0 Å². The predicted octanol–water partition coefficient (Wildman–Crippen LogP) is 0.764. The molecule has 0 spiro atoms. The van der Waals surface area contributed by atoms with Crippen LogP contribution in [0.25, 0.3) is 0 Å². The first kappa shape index (κ1) is 18.6. The van der Waals surface area contributed by atoms with Crippen molar-refractivity contribution in [1.29, 1.82) is 0 Å². The lowest BCUT2D eigenvalue weighted by Gasteiger charge is -2.21. The zero-order chi connectivity index (χ0) is 16.8. The van der Waals surface area contributed by atoms with Crippen LogP contribution >= 0.6 is 0 Å². The summed E-state index contributed by atoms with van der Waals surface area (Å²) in [5, 5.41) is 2.74. The van der Waals surface area contributed by atoms with Gasteiger partial charge in [-0.2, -0.15) is 4.31 Å². The summed E-state index contributed by atoms with van der Waals surface area (Å²) in [5.41, 5.74) is 0. The molecule has 0 heterocycles. The molecule has 0 atom stereocenters. The lowest BCUT2D eigenvalue weighted by atomic mass is 10.3. The molecule has 0 unspecified atom stereocenters. The van der Waals surface area contributed by atoms with Crippen molar-refractivity contribution < 1.29 is 13.2 Å². The normalized spacial score (nSPS) is 12.1. The number of rotatable bonds is 8. The maximum Gasteiger partial charge on any atom is 0.243 e. The van der Waals surface area contributed by atoms with E-state index in [1.165, 1.54) is 19.2 Å². The van der Waals surface area contributed by atoms with Crippen LogP contribution in [0.4, 0.5) is 0 Å². The van der Waals surface area contributed by atoms with Gasteiger partial charge in [-0.25, -0.2) is 8.42 Å². The van der Waals surface area contributed by atoms with Crippen LogP contribution in [0.1, 0.15) is 13.8 Å². The number of carbonyl (C=O) groups excluding carboxylic acids is 1. The average molecular weight is 327 g/mol. The molecular weight excluding hydrogens is 302 g/mol. The summed E-state index contributed by atoms with van der Waals surface area (Å²) in [6.45, 7) is 5.16. The third kappa shape index (κ3) is 5.40. The standard InChI is InChI=1S/C15H25N3O3S/c1-13(2)17(3)11-10-16-15(19)12-18(4)22(20,21)14-8-6-5-7-9-14/h5-9,13H,10-12H2,1-4H3,(H,16,19). The molecule has 6 nitrogen and oxygen atoms in total. The van der Waals surface area contributed by atoms with Crippen LogP contribution in [-0.2, 0) is 14.8 Å². The second-order valence-corrected chi connectivity index (χ2v) is 7.54. The quantitative estimate of drug-likeness (QED) is 0.765. The molecular formula is C15H25N3O3S. The van der Waals surface area contributed by atoms with Crippen molar-refractivity contribution in [3.63, 3.8) is 0 Å². The van der Waals surface area contributed by atoms with E-state index >= 15 is 0 Å². The van der Waals surface area contributed by atoms with Gasteiger partial charge in [0, 0.05) is 26.2 Å². The maximum absolute atomic E-state index is 12.3. The number of nitrogens with one attached hydrogen (secondary N) is 1. The summed E-state index contributed by atoms with van der Waals surface area (Å²) >= 11 is 0. The van der Waals surface area contributed by atoms with Gasteiger partial charge in [0.15, 0.2) is 0 Å². The van der Waals surface area contributed by atoms with Gasteiger partial charge in [0.1, 0.15) is 0 Å². The number of benzene rings is 1. The van der Waals surface area contributed by atoms with E-state index in [1.807, 2.05) is 7.05 Å². The van der Waals surface area contributed by atoms with Gasteiger partial charge in [0.05, 0.1) is 11.4 Å². The van der Waals surface area contributed by atoms with E-state index in [0.717, 1.165) is 10.8 Å². The van der Waals surface area contributed by atoms with Gasteiger partial charge >= 0.3 is 0 Å². The van der Waals surface area contributed by atoms with E-state index in [9.17, 15) is 13.2 Å². The number of hydrogen-bond acceptors (Lipinski definition) is 4. The number of amides is 1. The lowest BCUT2D eigenvalue weighted by Crippen LogP contribution is -2.41. The fraction of sp³-hybridized carbons (Fsp3) is 0.533. The summed E-state index contributed by atoms with van der Waals surface area (Å²) in [5.74, 6) is -0.306. The van der Waals surface area contributed by atoms with E-state index in [0.29, 0.717) is 12.6 Å². The van der Waals surface area contributed by atoms with Gasteiger partial charge in [-0.1, -0.05) is 18.2 Å². The SMILES string of the molecule is CC(C)N(C)CCNC(=O)CN(C)S(=O)(=O)c1ccccc1. The van der Waals surface area contributed by atoms with Crippen LogP contribution in [0.3, 0.4) is 0 Å². The molecule has 0 aliphatic rings. The Morgan fingerprint density at radius 1 is 1.18 bits per heavy atom. The van der Waals surface area contributed by atoms with Crippen molar-refractivity contribution >= 4 is 15.9 Å². The fourth-order valence-electron chi connectivity index (χ4n) is 1.75. The van der Waals surface area contributed by atoms with Crippen LogP contribution in [0.15, 0.2) is 35.2 Å². The molecule has 1 aromatic carbocycles. The summed E-state index contributed by atoms with van der Waals surface area (Å²) in [6.07, 6.45) is 0. The zero-order valence-electron chi connectivity index (χ0n) is 13.6. The molecule has 0 aliphatic heterocycles. The Kier molecular flexibility index (Phi) is 6.99. The number of hydrogen-bond donors (Lipinski definition) is 1. The molecule has 0 aliphatic carbocycles. The van der Waals surface area contributed by atoms with Gasteiger partial charge < -0.3 is 10.2 Å². The molecule has 1 amide bonds. The zero-order valence-corrected chi connectivity index (χ0v) is 14.4. The van der Waals surface area contributed by atoms with Crippen molar-refractivity contribution in [2.75, 3.05) is 33.7 Å². The molecule has 0 saturated carbocycles. The highest BCUT2D eigenvalue weighted by Crippen LogP contribution is 2.12. The van der Waals surface area contributed by atoms with E-state index in [2.05, 4.69) is 24.1 Å². The molecule has 22 heavy (non-hydrogen) atoms. The molecule has 0 aromatic heterocycles. The van der Waals surface area contributed by atoms with Crippen molar-refractivity contribution in [2.45, 2.75) is 24.8 Å². The molecule has 0 radical (unpaired) electrons. The first-order valence-corrected chi connectivity index (χ1v) is 8.67. The highest BCUT2D eigenvalue weighted by atomic mass is 32.2. The Balaban J connectivity index is 2.51. The largest absolute Gasteiger partial charge is 0.354 e. The summed E-state index contributed by atoms with van der Waals surface area (Å²) in [4.78, 5) is 14.1. The van der Waals surface area contributed by atoms with Crippen LogP contribution in [0.2, 0.25) is 0 Å². The predicted molar refractivity (Wildman–Crippen MR) is 87.0 cm³/mol. The molecule has 0 fully saturated rings. The lowest BCUT2D eigenvalue weighted by molar-refractivity contribution is -0.121. The molecule has 1 aromatic rings. The highest BCUT2D eigenvalue weighted by Gasteiger charge is 2.22. The summed E-state index contributed by atoms with van der Waals surface area (Å²) in [7, 11) is -0.247. The third-order valence-corrected chi connectivity index (χ3v) is 5.30. The average Bonchev–Trinajstić information content (AvgIpc) is 2.47. The minimum atomic E-state index is -3.63. The Bertz CT molecular complexity index is 573. The number of sulfonamides is 1. The number of nitrogens with zero attached hydrogens (tertiary/aromatic N) is 2. The summed E-state index contributed by atoms with van der Waals surface area (Å²) < 4.78 is 25.6. The summed E-state index contributed by atoms with van der Waals surface area (Å²) in [6, 6.07) is 8.49. The molecule has 7 heteroatoms. The van der Waals surface area contributed by atoms with Crippen LogP contribution in [0.5, 0.6) is 0 Å². The van der Waals surface area contributed by atoms with Gasteiger partial charge in [-0.15, -0.1) is 0 Å². The Hall–Kier alpha value is -1.44. The molecule has 1 rings (SSSR count). The Labute approximate surface area is 133 Å². The second-order valence-electron chi connectivity index (χ2n) is 5.50. The molecule has 0 bridgehead atoms. The smallest absolute Gasteiger partial charge is 0.243 e. The minimum absolute atomic E-state index is 0.185. The Morgan fingerprint density at radius 3 is 2.32 bits per heavy atom. The maximum atomic E-state index is 12.3. The van der Waals surface area contributed by atoms with E-state index in [4.69, 9.17) is 0 Å². The van der Waals surface area contributed by atoms with Crippen molar-refractivity contribution in [3.05, 3.63) is 30.3 Å². The number of likely N-dealkylation sites (N-methyl/N-ethyl adjacent to an activating group) is 2. The second kappa shape index (κ2) is 8.26. The van der Waals surface area contributed by atoms with Gasteiger partial charge in [0.2, 0.25) is 15.9 Å².